The normalized spacial score (nSPS) is 14.1. The summed E-state index contributed by atoms with van der Waals surface area (Å²) < 4.78 is 21.2. The zero-order valence-corrected chi connectivity index (χ0v) is 30.4. The molecular formula is C51H37NS. The van der Waals surface area contributed by atoms with Crippen molar-refractivity contribution in [2.45, 2.75) is 19.3 Å². The Labute approximate surface area is 317 Å². The first kappa shape index (κ1) is 29.4. The van der Waals surface area contributed by atoms with E-state index in [9.17, 15) is 2.74 Å². The summed E-state index contributed by atoms with van der Waals surface area (Å²) in [5, 5.41) is 4.62. The minimum atomic E-state index is -0.112. The fourth-order valence-corrected chi connectivity index (χ4v) is 9.39. The minimum absolute atomic E-state index is 0.112. The highest BCUT2D eigenvalue weighted by Crippen LogP contribution is 2.50. The van der Waals surface area contributed by atoms with Crippen molar-refractivity contribution < 1.29 is 2.74 Å². The first-order chi connectivity index (χ1) is 26.9. The number of benzene rings is 8. The fourth-order valence-electron chi connectivity index (χ4n) is 8.24. The van der Waals surface area contributed by atoms with Crippen molar-refractivity contribution in [3.05, 3.63) is 198 Å². The van der Waals surface area contributed by atoms with Crippen molar-refractivity contribution in [3.63, 3.8) is 0 Å². The van der Waals surface area contributed by atoms with E-state index in [1.807, 2.05) is 41.7 Å². The quantitative estimate of drug-likeness (QED) is 0.156. The van der Waals surface area contributed by atoms with Crippen molar-refractivity contribution in [1.82, 2.24) is 0 Å². The summed E-state index contributed by atoms with van der Waals surface area (Å²) in [7, 11) is 0. The molecule has 0 saturated carbocycles. The summed E-state index contributed by atoms with van der Waals surface area (Å²) in [4.78, 5) is 2.28. The molecule has 1 aromatic heterocycles. The molecule has 8 aromatic carbocycles. The van der Waals surface area contributed by atoms with E-state index >= 15 is 0 Å². The Hall–Kier alpha value is -6.22. The van der Waals surface area contributed by atoms with Crippen LogP contribution in [0.5, 0.6) is 0 Å². The van der Waals surface area contributed by atoms with Gasteiger partial charge in [-0.2, -0.15) is 0 Å². The second-order valence-corrected chi connectivity index (χ2v) is 15.5. The lowest BCUT2D eigenvalue weighted by Crippen LogP contribution is -2.16. The van der Waals surface area contributed by atoms with Crippen LogP contribution in [0.2, 0.25) is 0 Å². The maximum Gasteiger partial charge on any atom is 0.0629 e. The number of thiophene rings is 1. The lowest BCUT2D eigenvalue weighted by atomic mass is 9.82. The monoisotopic (exact) mass is 697 g/mol. The molecule has 2 heteroatoms. The third kappa shape index (κ3) is 5.29. The standard InChI is InChI=1S/C51H37NS/c1-51(2)47-18-10-8-16-43(47)44-31-28-39(33-48(44)51)52(37-12-4-3-5-13-37)38-26-21-34(22-27-38)20-23-35-24-29-41(42-15-7-6-14-40(35)42)36-25-30-46-45-17-9-11-19-49(45)53-50(46)32-36/h3-33H,1-2H3/b23-20+/i20D,23D. The number of para-hydroxylation sites is 1. The molecule has 0 aliphatic heterocycles. The van der Waals surface area contributed by atoms with Gasteiger partial charge in [0.05, 0.1) is 2.74 Å². The van der Waals surface area contributed by atoms with E-state index in [0.717, 1.165) is 44.5 Å². The zero-order valence-electron chi connectivity index (χ0n) is 31.6. The van der Waals surface area contributed by atoms with Crippen molar-refractivity contribution >= 4 is 71.4 Å². The van der Waals surface area contributed by atoms with Crippen LogP contribution in [0.25, 0.3) is 65.3 Å². The second kappa shape index (κ2) is 12.5. The number of rotatable bonds is 6. The summed E-state index contributed by atoms with van der Waals surface area (Å²) in [6.07, 6.45) is 0. The molecular weight excluding hydrogens is 659 g/mol. The molecule has 0 saturated heterocycles. The van der Waals surface area contributed by atoms with Gasteiger partial charge in [0.1, 0.15) is 0 Å². The second-order valence-electron chi connectivity index (χ2n) is 14.4. The molecule has 1 nitrogen and oxygen atoms in total. The number of nitrogens with zero attached hydrogens (tertiary/aromatic N) is 1. The van der Waals surface area contributed by atoms with Gasteiger partial charge in [-0.3, -0.25) is 0 Å². The molecule has 252 valence electrons. The Balaban J connectivity index is 1.01. The van der Waals surface area contributed by atoms with Crippen LogP contribution in [0.1, 0.15) is 38.8 Å². The molecule has 0 radical (unpaired) electrons. The van der Waals surface area contributed by atoms with Gasteiger partial charge in [0, 0.05) is 42.6 Å². The van der Waals surface area contributed by atoms with Crippen LogP contribution in [0.15, 0.2) is 176 Å². The van der Waals surface area contributed by atoms with E-state index in [4.69, 9.17) is 0 Å². The molecule has 1 heterocycles. The molecule has 0 unspecified atom stereocenters. The maximum atomic E-state index is 9.34. The van der Waals surface area contributed by atoms with E-state index in [-0.39, 0.29) is 17.5 Å². The molecule has 9 aromatic rings. The van der Waals surface area contributed by atoms with E-state index in [2.05, 4.69) is 164 Å². The van der Waals surface area contributed by atoms with Gasteiger partial charge < -0.3 is 4.90 Å². The fraction of sp³-hybridized carbons (Fsp3) is 0.0588. The van der Waals surface area contributed by atoms with E-state index < -0.39 is 0 Å². The van der Waals surface area contributed by atoms with Gasteiger partial charge in [-0.15, -0.1) is 11.3 Å². The summed E-state index contributed by atoms with van der Waals surface area (Å²) >= 11 is 1.82. The predicted octanol–water partition coefficient (Wildman–Crippen LogP) is 14.8. The third-order valence-electron chi connectivity index (χ3n) is 10.9. The summed E-state index contributed by atoms with van der Waals surface area (Å²) in [6.45, 7) is 4.62. The first-order valence-electron chi connectivity index (χ1n) is 19.2. The van der Waals surface area contributed by atoms with Crippen molar-refractivity contribution in [2.24, 2.45) is 0 Å². The topological polar surface area (TPSA) is 3.24 Å². The van der Waals surface area contributed by atoms with Crippen molar-refractivity contribution in [3.8, 4) is 22.3 Å². The highest BCUT2D eigenvalue weighted by atomic mass is 32.1. The van der Waals surface area contributed by atoms with Gasteiger partial charge in [-0.05, 0) is 104 Å². The van der Waals surface area contributed by atoms with Gasteiger partial charge in [-0.25, -0.2) is 0 Å². The summed E-state index contributed by atoms with van der Waals surface area (Å²) in [5.74, 6) is 0. The molecule has 1 aliphatic rings. The highest BCUT2D eigenvalue weighted by molar-refractivity contribution is 7.25. The van der Waals surface area contributed by atoms with E-state index in [0.29, 0.717) is 5.56 Å². The Morgan fingerprint density at radius 3 is 1.96 bits per heavy atom. The number of anilines is 3. The smallest absolute Gasteiger partial charge is 0.0629 e. The average molecular weight is 698 g/mol. The maximum absolute atomic E-state index is 9.34. The van der Waals surface area contributed by atoms with Crippen molar-refractivity contribution in [1.29, 1.82) is 0 Å². The van der Waals surface area contributed by atoms with E-state index in [1.54, 1.807) is 0 Å². The third-order valence-corrected chi connectivity index (χ3v) is 12.1. The lowest BCUT2D eigenvalue weighted by molar-refractivity contribution is 0.660. The van der Waals surface area contributed by atoms with Crippen LogP contribution >= 0.6 is 11.3 Å². The molecule has 53 heavy (non-hydrogen) atoms. The van der Waals surface area contributed by atoms with Crippen LogP contribution in [-0.2, 0) is 5.41 Å². The summed E-state index contributed by atoms with van der Waals surface area (Å²) in [6, 6.07) is 62.2. The summed E-state index contributed by atoms with van der Waals surface area (Å²) in [5.41, 5.74) is 12.0. The van der Waals surface area contributed by atoms with E-state index in [1.165, 1.54) is 42.4 Å². The molecule has 0 amide bonds. The Morgan fingerprint density at radius 1 is 0.472 bits per heavy atom. The molecule has 0 spiro atoms. The zero-order chi connectivity index (χ0) is 37.3. The van der Waals surface area contributed by atoms with Crippen LogP contribution < -0.4 is 4.90 Å². The van der Waals surface area contributed by atoms with Crippen LogP contribution in [-0.4, -0.2) is 0 Å². The number of hydrogen-bond donors (Lipinski definition) is 0. The predicted molar refractivity (Wildman–Crippen MR) is 230 cm³/mol. The Bertz CT molecular complexity index is 2970. The Morgan fingerprint density at radius 2 is 1.11 bits per heavy atom. The van der Waals surface area contributed by atoms with Gasteiger partial charge in [-0.1, -0.05) is 153 Å². The molecule has 0 N–H and O–H groups in total. The average Bonchev–Trinajstić information content (AvgIpc) is 3.72. The molecule has 10 rings (SSSR count). The molecule has 0 atom stereocenters. The van der Waals surface area contributed by atoms with Gasteiger partial charge in [0.15, 0.2) is 0 Å². The highest BCUT2D eigenvalue weighted by Gasteiger charge is 2.35. The molecule has 1 aliphatic carbocycles. The molecule has 0 bridgehead atoms. The SMILES string of the molecule is [2H]/C(=C(/[2H])c1ccc(-c2ccc3c(c2)sc2ccccc23)c2ccccc12)c1ccc(N(c2ccccc2)c2ccc3c(c2)C(C)(C)c2ccccc2-3)cc1. The minimum Gasteiger partial charge on any atom is -0.310 e. The number of hydrogen-bond acceptors (Lipinski definition) is 2. The largest absolute Gasteiger partial charge is 0.310 e. The van der Waals surface area contributed by atoms with Crippen LogP contribution in [0.3, 0.4) is 0 Å². The van der Waals surface area contributed by atoms with Crippen LogP contribution in [0, 0.1) is 0 Å². The number of fused-ring (bicyclic) bond motifs is 7. The Kier molecular flexibility index (Phi) is 6.91. The van der Waals surface area contributed by atoms with Crippen molar-refractivity contribution in [2.75, 3.05) is 4.90 Å². The lowest BCUT2D eigenvalue weighted by Gasteiger charge is -2.28. The van der Waals surface area contributed by atoms with Gasteiger partial charge in [0.2, 0.25) is 0 Å². The molecule has 0 fully saturated rings. The van der Waals surface area contributed by atoms with Crippen LogP contribution in [0.4, 0.5) is 17.1 Å². The first-order valence-corrected chi connectivity index (χ1v) is 19.0. The van der Waals surface area contributed by atoms with Gasteiger partial charge >= 0.3 is 0 Å². The van der Waals surface area contributed by atoms with Gasteiger partial charge in [0.25, 0.3) is 0 Å².